The largest absolute Gasteiger partial charge is 0.354 e. The van der Waals surface area contributed by atoms with Crippen LogP contribution in [0.3, 0.4) is 0 Å². The highest BCUT2D eigenvalue weighted by Crippen LogP contribution is 2.24. The number of rotatable bonds is 7. The van der Waals surface area contributed by atoms with Gasteiger partial charge in [0, 0.05) is 37.2 Å². The van der Waals surface area contributed by atoms with Gasteiger partial charge < -0.3 is 31.6 Å². The van der Waals surface area contributed by atoms with Crippen molar-refractivity contribution in [2.45, 2.75) is 19.3 Å². The number of benzene rings is 1. The minimum atomic E-state index is -0.275. The molecule has 31 heavy (non-hydrogen) atoms. The molecule has 4 rings (SSSR count). The molecule has 0 aliphatic carbocycles. The topological polar surface area (TPSA) is 141 Å². The molecular weight excluding hydrogens is 396 g/mol. The van der Waals surface area contributed by atoms with Crippen LogP contribution in [-0.4, -0.2) is 52.1 Å². The van der Waals surface area contributed by atoms with Crippen LogP contribution < -0.4 is 27.2 Å². The number of amides is 2. The zero-order chi connectivity index (χ0) is 21.6. The second-order valence-corrected chi connectivity index (χ2v) is 7.36. The van der Waals surface area contributed by atoms with Crippen molar-refractivity contribution in [3.05, 3.63) is 46.9 Å². The number of fused-ring (bicyclic) bond motifs is 1. The fourth-order valence-electron chi connectivity index (χ4n) is 3.46. The van der Waals surface area contributed by atoms with Gasteiger partial charge in [-0.2, -0.15) is 4.98 Å². The van der Waals surface area contributed by atoms with E-state index in [1.807, 2.05) is 29.2 Å². The van der Waals surface area contributed by atoms with E-state index in [9.17, 15) is 9.59 Å². The fourth-order valence-corrected chi connectivity index (χ4v) is 3.46. The Labute approximate surface area is 179 Å². The number of urea groups is 1. The van der Waals surface area contributed by atoms with Gasteiger partial charge in [0.1, 0.15) is 11.2 Å². The maximum Gasteiger partial charge on any atom is 0.321 e. The molecule has 10 nitrogen and oxygen atoms in total. The van der Waals surface area contributed by atoms with Gasteiger partial charge in [-0.3, -0.25) is 4.79 Å². The zero-order valence-electron chi connectivity index (χ0n) is 17.1. The second kappa shape index (κ2) is 9.43. The van der Waals surface area contributed by atoms with E-state index in [1.54, 1.807) is 12.3 Å². The maximum absolute atomic E-state index is 12.4. The number of nitrogens with one attached hydrogen (secondary N) is 4. The van der Waals surface area contributed by atoms with Crippen molar-refractivity contribution >= 4 is 40.1 Å². The molecular formula is C21H26N8O2. The van der Waals surface area contributed by atoms with Crippen LogP contribution in [0, 0.1) is 0 Å². The molecule has 0 spiro atoms. The lowest BCUT2D eigenvalue weighted by Gasteiger charge is -2.16. The number of anilines is 4. The smallest absolute Gasteiger partial charge is 0.321 e. The molecule has 0 bridgehead atoms. The van der Waals surface area contributed by atoms with Gasteiger partial charge in [0.25, 0.3) is 5.56 Å². The number of H-pyrrole nitrogens is 1. The van der Waals surface area contributed by atoms with Crippen LogP contribution in [0.1, 0.15) is 19.3 Å². The Hall–Kier alpha value is -3.66. The Bertz CT molecular complexity index is 1110. The lowest BCUT2D eigenvalue weighted by atomic mass is 10.2. The molecule has 1 aliphatic heterocycles. The van der Waals surface area contributed by atoms with Crippen molar-refractivity contribution in [1.29, 1.82) is 0 Å². The summed E-state index contributed by atoms with van der Waals surface area (Å²) in [6.07, 6.45) is 4.43. The minimum absolute atomic E-state index is 0.0836. The number of nitrogens with two attached hydrogens (primary N) is 1. The quantitative estimate of drug-likeness (QED) is 0.368. The van der Waals surface area contributed by atoms with Crippen molar-refractivity contribution in [2.75, 3.05) is 42.1 Å². The van der Waals surface area contributed by atoms with Gasteiger partial charge in [0.05, 0.1) is 5.52 Å². The summed E-state index contributed by atoms with van der Waals surface area (Å²) >= 11 is 0. The number of carbonyl (C=O) groups is 1. The number of likely N-dealkylation sites (tertiary alicyclic amines) is 1. The molecule has 0 saturated carbocycles. The van der Waals surface area contributed by atoms with E-state index in [0.717, 1.165) is 38.0 Å². The maximum atomic E-state index is 12.4. The molecule has 6 N–H and O–H groups in total. The molecule has 1 aliphatic rings. The highest BCUT2D eigenvalue weighted by Gasteiger charge is 2.17. The van der Waals surface area contributed by atoms with Crippen molar-refractivity contribution in [3.63, 3.8) is 0 Å². The number of aromatic nitrogens is 3. The summed E-state index contributed by atoms with van der Waals surface area (Å²) in [4.78, 5) is 38.0. The highest BCUT2D eigenvalue weighted by atomic mass is 16.2. The Morgan fingerprint density at radius 2 is 1.84 bits per heavy atom. The van der Waals surface area contributed by atoms with Gasteiger partial charge in [0.2, 0.25) is 5.95 Å². The van der Waals surface area contributed by atoms with E-state index >= 15 is 0 Å². The summed E-state index contributed by atoms with van der Waals surface area (Å²) in [5.41, 5.74) is 7.24. The average Bonchev–Trinajstić information content (AvgIpc) is 3.30. The molecule has 1 fully saturated rings. The first-order chi connectivity index (χ1) is 15.1. The van der Waals surface area contributed by atoms with Crippen molar-refractivity contribution < 1.29 is 4.79 Å². The van der Waals surface area contributed by atoms with Crippen LogP contribution in [-0.2, 0) is 0 Å². The number of hydrogen-bond acceptors (Lipinski definition) is 7. The zero-order valence-corrected chi connectivity index (χ0v) is 17.1. The van der Waals surface area contributed by atoms with Gasteiger partial charge in [-0.05, 0) is 56.1 Å². The Morgan fingerprint density at radius 3 is 2.58 bits per heavy atom. The summed E-state index contributed by atoms with van der Waals surface area (Å²) in [6.45, 7) is 2.78. The molecule has 2 amide bonds. The molecule has 2 aromatic heterocycles. The van der Waals surface area contributed by atoms with Crippen molar-refractivity contribution in [2.24, 2.45) is 5.73 Å². The Morgan fingerprint density at radius 1 is 1.10 bits per heavy atom. The minimum Gasteiger partial charge on any atom is -0.354 e. The lowest BCUT2D eigenvalue weighted by Crippen LogP contribution is -2.32. The second-order valence-electron chi connectivity index (χ2n) is 7.36. The van der Waals surface area contributed by atoms with Gasteiger partial charge in [-0.1, -0.05) is 0 Å². The van der Waals surface area contributed by atoms with Crippen LogP contribution in [0.15, 0.2) is 41.3 Å². The van der Waals surface area contributed by atoms with Crippen LogP contribution in [0.25, 0.3) is 10.9 Å². The summed E-state index contributed by atoms with van der Waals surface area (Å²) in [5.74, 6) is 0.819. The van der Waals surface area contributed by atoms with Crippen LogP contribution >= 0.6 is 0 Å². The summed E-state index contributed by atoms with van der Waals surface area (Å²) in [7, 11) is 0. The van der Waals surface area contributed by atoms with Gasteiger partial charge >= 0.3 is 6.03 Å². The molecule has 0 atom stereocenters. The molecule has 3 aromatic rings. The van der Waals surface area contributed by atoms with Crippen molar-refractivity contribution in [3.8, 4) is 0 Å². The SMILES string of the molecule is NCCCNc1nc(Nc2ccc(NC(=O)N3CCCC3)cc2)c2c(=O)[nH]ccc2n1. The number of pyridine rings is 1. The molecule has 1 aromatic carbocycles. The average molecular weight is 422 g/mol. The number of nitrogens with zero attached hydrogens (tertiary/aromatic N) is 3. The van der Waals surface area contributed by atoms with Gasteiger partial charge in [-0.15, -0.1) is 0 Å². The van der Waals surface area contributed by atoms with Crippen LogP contribution in [0.2, 0.25) is 0 Å². The summed E-state index contributed by atoms with van der Waals surface area (Å²) < 4.78 is 0. The van der Waals surface area contributed by atoms with Crippen molar-refractivity contribution in [1.82, 2.24) is 19.9 Å². The van der Waals surface area contributed by atoms with E-state index in [-0.39, 0.29) is 11.6 Å². The van der Waals surface area contributed by atoms with E-state index in [2.05, 4.69) is 30.9 Å². The van der Waals surface area contributed by atoms with E-state index in [0.29, 0.717) is 41.4 Å². The van der Waals surface area contributed by atoms with Gasteiger partial charge in [0.15, 0.2) is 0 Å². The first-order valence-electron chi connectivity index (χ1n) is 10.4. The first kappa shape index (κ1) is 20.6. The third-order valence-corrected chi connectivity index (χ3v) is 5.08. The molecule has 10 heteroatoms. The number of aromatic amines is 1. The third-order valence-electron chi connectivity index (χ3n) is 5.08. The predicted molar refractivity (Wildman–Crippen MR) is 122 cm³/mol. The summed E-state index contributed by atoms with van der Waals surface area (Å²) in [5, 5.41) is 9.61. The van der Waals surface area contributed by atoms with Crippen LogP contribution in [0.4, 0.5) is 27.9 Å². The third kappa shape index (κ3) is 4.92. The van der Waals surface area contributed by atoms with Gasteiger partial charge in [-0.25, -0.2) is 9.78 Å². The fraction of sp³-hybridized carbons (Fsp3) is 0.333. The first-order valence-corrected chi connectivity index (χ1v) is 10.4. The predicted octanol–water partition coefficient (Wildman–Crippen LogP) is 2.45. The standard InChI is InChI=1S/C21H26N8O2/c22-9-3-10-24-20-27-16-8-11-23-19(30)17(16)18(28-20)25-14-4-6-15(7-5-14)26-21(31)29-12-1-2-13-29/h4-8,11H,1-3,9-10,12-13,22H2,(H,23,30)(H,26,31)(H2,24,25,27,28). The Balaban J connectivity index is 1.54. The Kier molecular flexibility index (Phi) is 6.27. The summed E-state index contributed by atoms with van der Waals surface area (Å²) in [6, 6.07) is 8.92. The molecule has 0 radical (unpaired) electrons. The molecule has 162 valence electrons. The van der Waals surface area contributed by atoms with Crippen LogP contribution in [0.5, 0.6) is 0 Å². The van der Waals surface area contributed by atoms with E-state index < -0.39 is 0 Å². The van der Waals surface area contributed by atoms with E-state index in [4.69, 9.17) is 5.73 Å². The molecule has 1 saturated heterocycles. The number of carbonyl (C=O) groups excluding carboxylic acids is 1. The monoisotopic (exact) mass is 422 g/mol. The normalized spacial score (nSPS) is 13.4. The van der Waals surface area contributed by atoms with E-state index in [1.165, 1.54) is 0 Å². The molecule has 0 unspecified atom stereocenters. The highest BCUT2D eigenvalue weighted by molar-refractivity contribution is 5.92. The lowest BCUT2D eigenvalue weighted by molar-refractivity contribution is 0.222. The molecule has 3 heterocycles. The number of hydrogen-bond donors (Lipinski definition) is 5.